The largest absolute Gasteiger partial charge is 0.380 e. The first kappa shape index (κ1) is 7.77. The van der Waals surface area contributed by atoms with Crippen LogP contribution in [0.25, 0.3) is 0 Å². The molecule has 0 aliphatic carbocycles. The third kappa shape index (κ3) is 1.13. The molecule has 64 valence electrons. The predicted octanol–water partition coefficient (Wildman–Crippen LogP) is 1.21. The molecule has 0 saturated carbocycles. The Balaban J connectivity index is 2.28. The number of aliphatic hydroxyl groups is 1. The molecule has 1 aliphatic rings. The maximum Gasteiger partial charge on any atom is 0.136 e. The number of ether oxygens (including phenoxy) is 1. The van der Waals surface area contributed by atoms with Crippen molar-refractivity contribution in [1.82, 2.24) is 0 Å². The van der Waals surface area contributed by atoms with Crippen molar-refractivity contribution in [3.63, 3.8) is 0 Å². The molecule has 0 bridgehead atoms. The average Bonchev–Trinajstić information content (AvgIpc) is 2.02. The molecule has 0 spiro atoms. The summed E-state index contributed by atoms with van der Waals surface area (Å²) in [4.78, 5) is 0. The zero-order chi connectivity index (χ0) is 8.60. The van der Waals surface area contributed by atoms with Gasteiger partial charge in [0.2, 0.25) is 0 Å². The highest BCUT2D eigenvalue weighted by Gasteiger charge is 2.37. The molecule has 1 aromatic carbocycles. The molecule has 1 N–H and O–H groups in total. The Bertz CT molecular complexity index is 272. The van der Waals surface area contributed by atoms with Crippen LogP contribution in [-0.4, -0.2) is 18.3 Å². The van der Waals surface area contributed by atoms with Gasteiger partial charge in [-0.2, -0.15) is 0 Å². The number of benzene rings is 1. The van der Waals surface area contributed by atoms with Gasteiger partial charge in [0, 0.05) is 0 Å². The first-order valence-corrected chi connectivity index (χ1v) is 4.08. The molecule has 1 aromatic rings. The number of hydrogen-bond acceptors (Lipinski definition) is 2. The van der Waals surface area contributed by atoms with Crippen molar-refractivity contribution in [2.45, 2.75) is 12.5 Å². The van der Waals surface area contributed by atoms with E-state index in [1.54, 1.807) is 0 Å². The van der Waals surface area contributed by atoms with E-state index in [1.807, 2.05) is 31.2 Å². The first-order chi connectivity index (χ1) is 5.71. The number of hydrogen-bond donors (Lipinski definition) is 1. The predicted molar refractivity (Wildman–Crippen MR) is 45.9 cm³/mol. The summed E-state index contributed by atoms with van der Waals surface area (Å²) < 4.78 is 4.97. The molecule has 0 unspecified atom stereocenters. The van der Waals surface area contributed by atoms with Gasteiger partial charge in [0.15, 0.2) is 0 Å². The van der Waals surface area contributed by atoms with Gasteiger partial charge in [-0.1, -0.05) is 29.8 Å². The van der Waals surface area contributed by atoms with Gasteiger partial charge in [0.05, 0.1) is 13.2 Å². The second-order valence-corrected chi connectivity index (χ2v) is 3.39. The molecule has 1 fully saturated rings. The second kappa shape index (κ2) is 2.57. The van der Waals surface area contributed by atoms with Crippen LogP contribution in [0.5, 0.6) is 0 Å². The van der Waals surface area contributed by atoms with Crippen LogP contribution >= 0.6 is 0 Å². The van der Waals surface area contributed by atoms with E-state index >= 15 is 0 Å². The minimum Gasteiger partial charge on any atom is -0.380 e. The van der Waals surface area contributed by atoms with Gasteiger partial charge in [-0.25, -0.2) is 0 Å². The first-order valence-electron chi connectivity index (χ1n) is 4.08. The van der Waals surface area contributed by atoms with E-state index in [1.165, 1.54) is 5.56 Å². The van der Waals surface area contributed by atoms with Crippen LogP contribution in [0.4, 0.5) is 0 Å². The lowest BCUT2D eigenvalue weighted by molar-refractivity contribution is -0.184. The van der Waals surface area contributed by atoms with Crippen molar-refractivity contribution in [3.05, 3.63) is 35.4 Å². The van der Waals surface area contributed by atoms with Crippen molar-refractivity contribution < 1.29 is 9.84 Å². The summed E-state index contributed by atoms with van der Waals surface area (Å²) in [6.45, 7) is 2.89. The van der Waals surface area contributed by atoms with E-state index in [9.17, 15) is 5.11 Å². The van der Waals surface area contributed by atoms with Crippen LogP contribution in [0.3, 0.4) is 0 Å². The molecular weight excluding hydrogens is 152 g/mol. The van der Waals surface area contributed by atoms with Crippen molar-refractivity contribution in [1.29, 1.82) is 0 Å². The summed E-state index contributed by atoms with van der Waals surface area (Å²) in [5.74, 6) is 0. The van der Waals surface area contributed by atoms with Crippen molar-refractivity contribution in [2.75, 3.05) is 13.2 Å². The van der Waals surface area contributed by atoms with Crippen LogP contribution in [0.1, 0.15) is 11.1 Å². The fourth-order valence-corrected chi connectivity index (χ4v) is 1.33. The minimum atomic E-state index is -0.715. The molecule has 2 heteroatoms. The average molecular weight is 164 g/mol. The van der Waals surface area contributed by atoms with E-state index in [2.05, 4.69) is 0 Å². The molecule has 2 nitrogen and oxygen atoms in total. The summed E-state index contributed by atoms with van der Waals surface area (Å²) >= 11 is 0. The third-order valence-corrected chi connectivity index (χ3v) is 2.27. The fraction of sp³-hybridized carbons (Fsp3) is 0.400. The molecule has 1 saturated heterocycles. The van der Waals surface area contributed by atoms with Gasteiger partial charge in [-0.15, -0.1) is 0 Å². The van der Waals surface area contributed by atoms with Gasteiger partial charge >= 0.3 is 0 Å². The van der Waals surface area contributed by atoms with Gasteiger partial charge in [0.1, 0.15) is 5.60 Å². The Morgan fingerprint density at radius 1 is 1.25 bits per heavy atom. The molecule has 2 rings (SSSR count). The molecule has 1 heterocycles. The lowest BCUT2D eigenvalue weighted by Gasteiger charge is -2.36. The Morgan fingerprint density at radius 3 is 2.25 bits per heavy atom. The maximum atomic E-state index is 9.85. The summed E-state index contributed by atoms with van der Waals surface area (Å²) in [5.41, 5.74) is 1.45. The highest BCUT2D eigenvalue weighted by Crippen LogP contribution is 2.28. The maximum absolute atomic E-state index is 9.85. The normalized spacial score (nSPS) is 20.2. The summed E-state index contributed by atoms with van der Waals surface area (Å²) in [6.07, 6.45) is 0. The van der Waals surface area contributed by atoms with E-state index in [4.69, 9.17) is 4.74 Å². The van der Waals surface area contributed by atoms with Gasteiger partial charge < -0.3 is 9.84 Å². The smallest absolute Gasteiger partial charge is 0.136 e. The highest BCUT2D eigenvalue weighted by molar-refractivity contribution is 5.27. The summed E-state index contributed by atoms with van der Waals surface area (Å²) in [7, 11) is 0. The molecule has 1 aliphatic heterocycles. The molecule has 0 atom stereocenters. The van der Waals surface area contributed by atoms with Crippen LogP contribution in [0, 0.1) is 6.92 Å². The van der Waals surface area contributed by atoms with Crippen LogP contribution in [0.15, 0.2) is 24.3 Å². The number of rotatable bonds is 1. The van der Waals surface area contributed by atoms with Crippen LogP contribution < -0.4 is 0 Å². The lowest BCUT2D eigenvalue weighted by Crippen LogP contribution is -2.46. The van der Waals surface area contributed by atoms with Gasteiger partial charge in [-0.05, 0) is 12.5 Å². The Kier molecular flexibility index (Phi) is 1.67. The van der Waals surface area contributed by atoms with E-state index < -0.39 is 5.60 Å². The van der Waals surface area contributed by atoms with Gasteiger partial charge in [0.25, 0.3) is 0 Å². The van der Waals surface area contributed by atoms with Gasteiger partial charge in [-0.3, -0.25) is 0 Å². The van der Waals surface area contributed by atoms with Crippen LogP contribution in [-0.2, 0) is 10.3 Å². The van der Waals surface area contributed by atoms with Crippen molar-refractivity contribution in [3.8, 4) is 0 Å². The Hall–Kier alpha value is -0.860. The third-order valence-electron chi connectivity index (χ3n) is 2.27. The Morgan fingerprint density at radius 2 is 1.83 bits per heavy atom. The Labute approximate surface area is 71.8 Å². The topological polar surface area (TPSA) is 29.5 Å². The van der Waals surface area contributed by atoms with Crippen molar-refractivity contribution in [2.24, 2.45) is 0 Å². The zero-order valence-corrected chi connectivity index (χ0v) is 7.08. The van der Waals surface area contributed by atoms with Crippen LogP contribution in [0.2, 0.25) is 0 Å². The number of aryl methyl sites for hydroxylation is 1. The molecule has 0 aromatic heterocycles. The van der Waals surface area contributed by atoms with E-state index in [0.717, 1.165) is 5.56 Å². The quantitative estimate of drug-likeness (QED) is 0.676. The second-order valence-electron chi connectivity index (χ2n) is 3.39. The lowest BCUT2D eigenvalue weighted by atomic mass is 9.92. The molecule has 0 radical (unpaired) electrons. The molecule has 12 heavy (non-hydrogen) atoms. The van der Waals surface area contributed by atoms with Crippen molar-refractivity contribution >= 4 is 0 Å². The van der Waals surface area contributed by atoms with E-state index in [-0.39, 0.29) is 0 Å². The monoisotopic (exact) mass is 164 g/mol. The summed E-state index contributed by atoms with van der Waals surface area (Å²) in [5, 5.41) is 9.85. The van der Waals surface area contributed by atoms with E-state index in [0.29, 0.717) is 13.2 Å². The molecule has 0 amide bonds. The SMILES string of the molecule is Cc1ccc(C2(O)COC2)cc1. The standard InChI is InChI=1S/C10H12O2/c1-8-2-4-9(5-3-8)10(11)6-12-7-10/h2-5,11H,6-7H2,1H3. The summed E-state index contributed by atoms with van der Waals surface area (Å²) in [6, 6.07) is 7.92. The molecular formula is C10H12O2. The zero-order valence-electron chi connectivity index (χ0n) is 7.08. The minimum absolute atomic E-state index is 0.427. The highest BCUT2D eigenvalue weighted by atomic mass is 16.5. The fourth-order valence-electron chi connectivity index (χ4n) is 1.33.